The molecule has 0 spiro atoms. The molecular formula is C20H30O3. The van der Waals surface area contributed by atoms with E-state index >= 15 is 0 Å². The number of hydrogen-bond donors (Lipinski definition) is 0. The molecule has 0 heterocycles. The zero-order chi connectivity index (χ0) is 17.0. The highest BCUT2D eigenvalue weighted by Crippen LogP contribution is 2.43. The van der Waals surface area contributed by atoms with Crippen molar-refractivity contribution in [1.82, 2.24) is 0 Å². The molecule has 2 unspecified atom stereocenters. The molecule has 0 aromatic heterocycles. The van der Waals surface area contributed by atoms with Gasteiger partial charge in [0.25, 0.3) is 0 Å². The molecule has 0 bridgehead atoms. The summed E-state index contributed by atoms with van der Waals surface area (Å²) >= 11 is 0. The SMILES string of the molecule is COC(=O)C1CC1CCc1ccc(OCC(C)C)c(C(C)C)c1. The molecular weight excluding hydrogens is 288 g/mol. The number of ether oxygens (including phenoxy) is 2. The molecule has 0 aliphatic heterocycles. The zero-order valence-corrected chi connectivity index (χ0v) is 15.1. The van der Waals surface area contributed by atoms with E-state index < -0.39 is 0 Å². The first-order valence-electron chi connectivity index (χ1n) is 8.75. The first kappa shape index (κ1) is 17.8. The number of benzene rings is 1. The van der Waals surface area contributed by atoms with Gasteiger partial charge in [-0.05, 0) is 54.2 Å². The normalized spacial score (nSPS) is 20.0. The fourth-order valence-corrected chi connectivity index (χ4v) is 2.95. The first-order valence-corrected chi connectivity index (χ1v) is 8.75. The molecule has 1 aromatic rings. The average molecular weight is 318 g/mol. The Morgan fingerprint density at radius 2 is 2.00 bits per heavy atom. The summed E-state index contributed by atoms with van der Waals surface area (Å²) in [6.07, 6.45) is 3.06. The summed E-state index contributed by atoms with van der Waals surface area (Å²) in [6.45, 7) is 9.49. The van der Waals surface area contributed by atoms with Crippen molar-refractivity contribution in [3.05, 3.63) is 29.3 Å². The largest absolute Gasteiger partial charge is 0.493 e. The Balaban J connectivity index is 1.95. The molecule has 3 nitrogen and oxygen atoms in total. The van der Waals surface area contributed by atoms with Gasteiger partial charge in [-0.3, -0.25) is 4.79 Å². The van der Waals surface area contributed by atoms with Crippen LogP contribution in [0.4, 0.5) is 0 Å². The lowest BCUT2D eigenvalue weighted by Crippen LogP contribution is -2.07. The number of hydrogen-bond acceptors (Lipinski definition) is 3. The number of methoxy groups -OCH3 is 1. The Hall–Kier alpha value is -1.51. The van der Waals surface area contributed by atoms with E-state index in [1.807, 2.05) is 0 Å². The third-order valence-corrected chi connectivity index (χ3v) is 4.50. The smallest absolute Gasteiger partial charge is 0.308 e. The second-order valence-corrected chi connectivity index (χ2v) is 7.40. The van der Waals surface area contributed by atoms with Gasteiger partial charge in [0.2, 0.25) is 0 Å². The van der Waals surface area contributed by atoms with Crippen LogP contribution in [0.25, 0.3) is 0 Å². The molecule has 1 aromatic carbocycles. The molecule has 1 aliphatic carbocycles. The topological polar surface area (TPSA) is 35.5 Å². The van der Waals surface area contributed by atoms with Crippen LogP contribution >= 0.6 is 0 Å². The summed E-state index contributed by atoms with van der Waals surface area (Å²) in [5.74, 6) is 2.58. The third kappa shape index (κ3) is 4.98. The van der Waals surface area contributed by atoms with Crippen LogP contribution in [-0.2, 0) is 16.0 Å². The van der Waals surface area contributed by atoms with E-state index in [4.69, 9.17) is 9.47 Å². The van der Waals surface area contributed by atoms with Crippen LogP contribution in [0.2, 0.25) is 0 Å². The van der Waals surface area contributed by atoms with Crippen molar-refractivity contribution in [3.8, 4) is 5.75 Å². The molecule has 1 saturated carbocycles. The molecule has 0 amide bonds. The Kier molecular flexibility index (Phi) is 6.09. The Labute approximate surface area is 140 Å². The Morgan fingerprint density at radius 1 is 1.26 bits per heavy atom. The minimum Gasteiger partial charge on any atom is -0.493 e. The zero-order valence-electron chi connectivity index (χ0n) is 15.1. The lowest BCUT2D eigenvalue weighted by Gasteiger charge is -2.17. The van der Waals surface area contributed by atoms with E-state index in [0.717, 1.165) is 31.6 Å². The van der Waals surface area contributed by atoms with Crippen molar-refractivity contribution in [3.63, 3.8) is 0 Å². The quantitative estimate of drug-likeness (QED) is 0.658. The van der Waals surface area contributed by atoms with Gasteiger partial charge in [0.05, 0.1) is 19.6 Å². The molecule has 0 radical (unpaired) electrons. The van der Waals surface area contributed by atoms with Gasteiger partial charge in [-0.2, -0.15) is 0 Å². The van der Waals surface area contributed by atoms with Crippen molar-refractivity contribution in [2.45, 2.75) is 52.9 Å². The molecule has 1 aliphatic rings. The summed E-state index contributed by atoms with van der Waals surface area (Å²) in [4.78, 5) is 11.5. The molecule has 1 fully saturated rings. The Morgan fingerprint density at radius 3 is 2.61 bits per heavy atom. The number of carbonyl (C=O) groups excluding carboxylic acids is 1. The van der Waals surface area contributed by atoms with Gasteiger partial charge in [-0.25, -0.2) is 0 Å². The summed E-state index contributed by atoms with van der Waals surface area (Å²) in [7, 11) is 1.47. The molecule has 2 rings (SSSR count). The first-order chi connectivity index (χ1) is 10.9. The van der Waals surface area contributed by atoms with Gasteiger partial charge in [-0.1, -0.05) is 39.8 Å². The maximum atomic E-state index is 11.5. The van der Waals surface area contributed by atoms with Gasteiger partial charge in [-0.15, -0.1) is 0 Å². The lowest BCUT2D eigenvalue weighted by molar-refractivity contribution is -0.142. The monoisotopic (exact) mass is 318 g/mol. The maximum absolute atomic E-state index is 11.5. The molecule has 128 valence electrons. The van der Waals surface area contributed by atoms with E-state index in [-0.39, 0.29) is 11.9 Å². The molecule has 2 atom stereocenters. The van der Waals surface area contributed by atoms with Crippen LogP contribution in [0.15, 0.2) is 18.2 Å². The van der Waals surface area contributed by atoms with Crippen LogP contribution in [0.5, 0.6) is 5.75 Å². The van der Waals surface area contributed by atoms with Gasteiger partial charge in [0.15, 0.2) is 0 Å². The summed E-state index contributed by atoms with van der Waals surface area (Å²) < 4.78 is 10.8. The van der Waals surface area contributed by atoms with Crippen LogP contribution in [0, 0.1) is 17.8 Å². The van der Waals surface area contributed by atoms with Gasteiger partial charge in [0.1, 0.15) is 5.75 Å². The van der Waals surface area contributed by atoms with Gasteiger partial charge >= 0.3 is 5.97 Å². The predicted molar refractivity (Wildman–Crippen MR) is 92.8 cm³/mol. The minimum absolute atomic E-state index is 0.0460. The Bertz CT molecular complexity index is 534. The van der Waals surface area contributed by atoms with Crippen molar-refractivity contribution < 1.29 is 14.3 Å². The fraction of sp³-hybridized carbons (Fsp3) is 0.650. The summed E-state index contributed by atoms with van der Waals surface area (Å²) in [5.41, 5.74) is 2.62. The molecule has 0 saturated heterocycles. The van der Waals surface area contributed by atoms with Crippen molar-refractivity contribution in [2.75, 3.05) is 13.7 Å². The van der Waals surface area contributed by atoms with Crippen LogP contribution in [0.3, 0.4) is 0 Å². The second-order valence-electron chi connectivity index (χ2n) is 7.40. The lowest BCUT2D eigenvalue weighted by atomic mass is 9.97. The highest BCUT2D eigenvalue weighted by Gasteiger charge is 2.43. The van der Waals surface area contributed by atoms with Crippen LogP contribution < -0.4 is 4.74 Å². The van der Waals surface area contributed by atoms with E-state index in [2.05, 4.69) is 45.9 Å². The summed E-state index contributed by atoms with van der Waals surface area (Å²) in [5, 5.41) is 0. The van der Waals surface area contributed by atoms with E-state index in [0.29, 0.717) is 17.8 Å². The third-order valence-electron chi connectivity index (χ3n) is 4.50. The molecule has 23 heavy (non-hydrogen) atoms. The van der Waals surface area contributed by atoms with Crippen molar-refractivity contribution >= 4 is 5.97 Å². The summed E-state index contributed by atoms with van der Waals surface area (Å²) in [6, 6.07) is 6.55. The second kappa shape index (κ2) is 7.85. The molecule has 0 N–H and O–H groups in total. The van der Waals surface area contributed by atoms with Crippen LogP contribution in [0.1, 0.15) is 57.6 Å². The predicted octanol–water partition coefficient (Wildman–Crippen LogP) is 4.59. The maximum Gasteiger partial charge on any atom is 0.308 e. The number of aryl methyl sites for hydroxylation is 1. The van der Waals surface area contributed by atoms with Gasteiger partial charge in [0, 0.05) is 0 Å². The van der Waals surface area contributed by atoms with Crippen molar-refractivity contribution in [1.29, 1.82) is 0 Å². The number of rotatable bonds is 8. The molecule has 3 heteroatoms. The highest BCUT2D eigenvalue weighted by molar-refractivity contribution is 5.75. The highest BCUT2D eigenvalue weighted by atomic mass is 16.5. The number of esters is 1. The van der Waals surface area contributed by atoms with Gasteiger partial charge < -0.3 is 9.47 Å². The van der Waals surface area contributed by atoms with Crippen molar-refractivity contribution in [2.24, 2.45) is 17.8 Å². The average Bonchev–Trinajstić information content (AvgIpc) is 3.30. The van der Waals surface area contributed by atoms with E-state index in [1.165, 1.54) is 18.2 Å². The van der Waals surface area contributed by atoms with E-state index in [9.17, 15) is 4.79 Å². The number of carbonyl (C=O) groups is 1. The van der Waals surface area contributed by atoms with Crippen LogP contribution in [-0.4, -0.2) is 19.7 Å². The fourth-order valence-electron chi connectivity index (χ4n) is 2.95. The standard InChI is InChI=1S/C20H30O3/c1-13(2)12-23-19-9-7-15(10-17(19)14(3)4)6-8-16-11-18(16)20(21)22-5/h7,9-10,13-14,16,18H,6,8,11-12H2,1-5H3. The minimum atomic E-state index is -0.0460. The van der Waals surface area contributed by atoms with E-state index in [1.54, 1.807) is 0 Å².